The van der Waals surface area contributed by atoms with Crippen LogP contribution in [0, 0.1) is 10.1 Å². The summed E-state index contributed by atoms with van der Waals surface area (Å²) in [6.07, 6.45) is -0.973. The van der Waals surface area contributed by atoms with Gasteiger partial charge in [0.05, 0.1) is 4.92 Å². The number of hydrogen-bond donors (Lipinski definition) is 0. The minimum Gasteiger partial charge on any atom is -0.412 e. The van der Waals surface area contributed by atoms with Crippen LogP contribution in [-0.4, -0.2) is 16.1 Å². The molecular weight excluding hydrogens is 274 g/mol. The van der Waals surface area contributed by atoms with Crippen LogP contribution in [0.25, 0.3) is 0 Å². The molecule has 0 aliphatic rings. The van der Waals surface area contributed by atoms with Gasteiger partial charge in [0.25, 0.3) is 5.69 Å². The van der Waals surface area contributed by atoms with E-state index in [-0.39, 0.29) is 11.4 Å². The number of nitro benzene ring substituents is 1. The van der Waals surface area contributed by atoms with Gasteiger partial charge in [-0.15, -0.1) is 0 Å². The van der Waals surface area contributed by atoms with E-state index in [2.05, 4.69) is 4.74 Å². The van der Waals surface area contributed by atoms with Gasteiger partial charge in [0, 0.05) is 12.1 Å². The zero-order chi connectivity index (χ0) is 15.1. The van der Waals surface area contributed by atoms with Crippen LogP contribution in [0.3, 0.4) is 0 Å². The number of halogens is 1. The Morgan fingerprint density at radius 1 is 1.26 bits per heavy atom. The average molecular weight is 290 g/mol. The Labute approximate surface area is 116 Å². The van der Waals surface area contributed by atoms with Gasteiger partial charge < -0.3 is 9.47 Å². The van der Waals surface area contributed by atoms with E-state index >= 15 is 0 Å². The zero-order valence-corrected chi connectivity index (χ0v) is 11.9. The highest BCUT2D eigenvalue weighted by molar-refractivity contribution is 6.22. The molecule has 0 unspecified atom stereocenters. The van der Waals surface area contributed by atoms with Crippen LogP contribution in [0.2, 0.25) is 0 Å². The van der Waals surface area contributed by atoms with Crippen LogP contribution >= 0.6 is 11.6 Å². The smallest absolute Gasteiger partial charge is 0.412 e. The molecule has 0 heterocycles. The number of non-ortho nitro benzene ring substituents is 1. The fourth-order valence-electron chi connectivity index (χ4n) is 0.951. The molecule has 0 aliphatic carbocycles. The van der Waals surface area contributed by atoms with Crippen molar-refractivity contribution in [2.75, 3.05) is 0 Å². The van der Waals surface area contributed by atoms with Crippen molar-refractivity contribution in [2.45, 2.75) is 32.8 Å². The van der Waals surface area contributed by atoms with Gasteiger partial charge in [0.2, 0.25) is 0 Å². The number of rotatable bonds is 3. The molecule has 0 saturated heterocycles. The van der Waals surface area contributed by atoms with Crippen molar-refractivity contribution in [3.63, 3.8) is 0 Å². The summed E-state index contributed by atoms with van der Waals surface area (Å²) in [5.74, 6) is 0.140. The molecule has 0 radical (unpaired) electrons. The zero-order valence-electron chi connectivity index (χ0n) is 11.2. The Hall–Kier alpha value is -1.82. The number of nitrogens with zero attached hydrogens (tertiary/aromatic N) is 1. The summed E-state index contributed by atoms with van der Waals surface area (Å²) in [7, 11) is 0. The standard InChI is InChI=1S/C10H10ClNO5.C2H6/c1-10(2,11)17-9(13)16-8-5-3-7(4-6-8)12(14)15;1-2/h3-6H,1-2H3;1-2H3. The molecule has 1 aromatic rings. The van der Waals surface area contributed by atoms with Gasteiger partial charge in [-0.05, 0) is 26.0 Å². The van der Waals surface area contributed by atoms with Gasteiger partial charge in [-0.2, -0.15) is 0 Å². The van der Waals surface area contributed by atoms with E-state index in [1.807, 2.05) is 13.8 Å². The first-order chi connectivity index (χ1) is 8.78. The monoisotopic (exact) mass is 289 g/mol. The van der Waals surface area contributed by atoms with E-state index in [1.165, 1.54) is 38.1 Å². The van der Waals surface area contributed by atoms with Gasteiger partial charge in [-0.1, -0.05) is 25.4 Å². The van der Waals surface area contributed by atoms with E-state index < -0.39 is 16.1 Å². The second-order valence-corrected chi connectivity index (χ2v) is 4.48. The van der Waals surface area contributed by atoms with Crippen molar-refractivity contribution in [1.82, 2.24) is 0 Å². The average Bonchev–Trinajstić information content (AvgIpc) is 2.29. The molecule has 0 aliphatic heterocycles. The Morgan fingerprint density at radius 3 is 2.11 bits per heavy atom. The van der Waals surface area contributed by atoms with Crippen LogP contribution in [0.15, 0.2) is 24.3 Å². The maximum Gasteiger partial charge on any atom is 0.515 e. The summed E-state index contributed by atoms with van der Waals surface area (Å²) in [6.45, 7) is 6.96. The highest BCUT2D eigenvalue weighted by Crippen LogP contribution is 2.20. The highest BCUT2D eigenvalue weighted by Gasteiger charge is 2.20. The normalized spacial score (nSPS) is 9.95. The van der Waals surface area contributed by atoms with Crippen LogP contribution in [0.1, 0.15) is 27.7 Å². The molecule has 106 valence electrons. The maximum absolute atomic E-state index is 11.2. The Kier molecular flexibility index (Phi) is 6.85. The van der Waals surface area contributed by atoms with Crippen LogP contribution in [-0.2, 0) is 4.74 Å². The lowest BCUT2D eigenvalue weighted by molar-refractivity contribution is -0.384. The molecule has 19 heavy (non-hydrogen) atoms. The minimum atomic E-state index is -1.17. The molecule has 0 saturated carbocycles. The van der Waals surface area contributed by atoms with Crippen molar-refractivity contribution in [1.29, 1.82) is 0 Å². The lowest BCUT2D eigenvalue weighted by atomic mass is 10.3. The van der Waals surface area contributed by atoms with Crippen molar-refractivity contribution < 1.29 is 19.2 Å². The van der Waals surface area contributed by atoms with Crippen molar-refractivity contribution in [3.8, 4) is 5.75 Å². The van der Waals surface area contributed by atoms with Gasteiger partial charge in [0.1, 0.15) is 5.75 Å². The number of hydrogen-bond acceptors (Lipinski definition) is 5. The van der Waals surface area contributed by atoms with E-state index in [0.717, 1.165) is 0 Å². The van der Waals surface area contributed by atoms with Crippen LogP contribution < -0.4 is 4.74 Å². The summed E-state index contributed by atoms with van der Waals surface area (Å²) in [4.78, 5) is 21.0. The molecule has 0 atom stereocenters. The van der Waals surface area contributed by atoms with Gasteiger partial charge in [-0.3, -0.25) is 10.1 Å². The summed E-state index contributed by atoms with van der Waals surface area (Å²) in [5.41, 5.74) is -0.0941. The third-order valence-corrected chi connectivity index (χ3v) is 1.65. The third-order valence-electron chi connectivity index (χ3n) is 1.57. The minimum absolute atomic E-state index is 0.0941. The highest BCUT2D eigenvalue weighted by atomic mass is 35.5. The number of benzene rings is 1. The second-order valence-electron chi connectivity index (χ2n) is 3.57. The molecule has 0 amide bonds. The number of ether oxygens (including phenoxy) is 2. The van der Waals surface area contributed by atoms with Gasteiger partial charge >= 0.3 is 6.16 Å². The van der Waals surface area contributed by atoms with Gasteiger partial charge in [0.15, 0.2) is 5.06 Å². The number of carbonyl (C=O) groups excluding carboxylic acids is 1. The lowest BCUT2D eigenvalue weighted by Gasteiger charge is -2.15. The van der Waals surface area contributed by atoms with E-state index in [0.29, 0.717) is 0 Å². The Morgan fingerprint density at radius 2 is 1.74 bits per heavy atom. The Bertz CT molecular complexity index is 425. The maximum atomic E-state index is 11.2. The number of alkyl halides is 1. The van der Waals surface area contributed by atoms with Crippen molar-refractivity contribution in [2.24, 2.45) is 0 Å². The first kappa shape index (κ1) is 17.2. The molecular formula is C12H16ClNO5. The number of nitro groups is 1. The summed E-state index contributed by atoms with van der Waals surface area (Å²) < 4.78 is 9.45. The first-order valence-corrected chi connectivity index (χ1v) is 6.00. The van der Waals surface area contributed by atoms with E-state index in [9.17, 15) is 14.9 Å². The van der Waals surface area contributed by atoms with Crippen LogP contribution in [0.5, 0.6) is 5.75 Å². The molecule has 0 fully saturated rings. The van der Waals surface area contributed by atoms with Crippen molar-refractivity contribution >= 4 is 23.4 Å². The molecule has 1 rings (SSSR count). The second kappa shape index (κ2) is 7.58. The summed E-state index contributed by atoms with van der Waals surface area (Å²) >= 11 is 5.65. The first-order valence-electron chi connectivity index (χ1n) is 5.62. The molecule has 0 spiro atoms. The van der Waals surface area contributed by atoms with Gasteiger partial charge in [-0.25, -0.2) is 4.79 Å². The Balaban J connectivity index is 0.00000154. The molecule has 0 N–H and O–H groups in total. The SMILES string of the molecule is CC.CC(C)(Cl)OC(=O)Oc1ccc([N+](=O)[O-])cc1. The van der Waals surface area contributed by atoms with E-state index in [1.54, 1.807) is 0 Å². The largest absolute Gasteiger partial charge is 0.515 e. The fourth-order valence-corrected chi connectivity index (χ4v) is 1.01. The van der Waals surface area contributed by atoms with Crippen LogP contribution in [0.4, 0.5) is 10.5 Å². The lowest BCUT2D eigenvalue weighted by Crippen LogP contribution is -2.23. The fraction of sp³-hybridized carbons (Fsp3) is 0.417. The molecule has 7 heteroatoms. The molecule has 1 aromatic carbocycles. The summed E-state index contributed by atoms with van der Waals surface area (Å²) in [5, 5.41) is 9.21. The topological polar surface area (TPSA) is 78.7 Å². The molecule has 0 bridgehead atoms. The quantitative estimate of drug-likeness (QED) is 0.275. The molecule has 6 nitrogen and oxygen atoms in total. The predicted octanol–water partition coefficient (Wildman–Crippen LogP) is 4.11. The summed E-state index contributed by atoms with van der Waals surface area (Å²) in [6, 6.07) is 5.02. The van der Waals surface area contributed by atoms with Crippen molar-refractivity contribution in [3.05, 3.63) is 34.4 Å². The predicted molar refractivity (Wildman–Crippen MR) is 71.5 cm³/mol. The van der Waals surface area contributed by atoms with E-state index in [4.69, 9.17) is 16.3 Å². The third kappa shape index (κ3) is 7.25. The number of carbonyl (C=O) groups is 1. The molecule has 0 aromatic heterocycles.